The molecule has 0 unspecified atom stereocenters. The summed E-state index contributed by atoms with van der Waals surface area (Å²) in [4.78, 5) is 2.43. The average Bonchev–Trinajstić information content (AvgIpc) is 2.42. The van der Waals surface area contributed by atoms with Crippen molar-refractivity contribution in [2.75, 3.05) is 19.7 Å². The van der Waals surface area contributed by atoms with E-state index in [1.54, 1.807) is 0 Å². The largest absolute Gasteiger partial charge is 0.396 e. The lowest BCUT2D eigenvalue weighted by atomic mass is 9.97. The first-order valence-electron chi connectivity index (χ1n) is 6.55. The molecule has 1 aliphatic heterocycles. The van der Waals surface area contributed by atoms with E-state index in [2.05, 4.69) is 24.0 Å². The van der Waals surface area contributed by atoms with Crippen LogP contribution in [0.25, 0.3) is 0 Å². The van der Waals surface area contributed by atoms with E-state index in [1.807, 2.05) is 12.1 Å². The zero-order valence-corrected chi connectivity index (χ0v) is 10.9. The standard InChI is InChI=1S/C15H20N2O/c1-12-8-14(9-16)2-3-15(12)10-17-6-4-13(11-18)5-7-17/h2-3,8,13,18H,4-7,10-11H2,1H3. The van der Waals surface area contributed by atoms with Crippen LogP contribution in [0.2, 0.25) is 0 Å². The maximum absolute atomic E-state index is 9.12. The summed E-state index contributed by atoms with van der Waals surface area (Å²) in [6, 6.07) is 8.08. The lowest BCUT2D eigenvalue weighted by Gasteiger charge is -2.31. The first-order valence-corrected chi connectivity index (χ1v) is 6.55. The Morgan fingerprint density at radius 1 is 1.39 bits per heavy atom. The molecule has 18 heavy (non-hydrogen) atoms. The third kappa shape index (κ3) is 3.10. The van der Waals surface area contributed by atoms with Crippen LogP contribution in [0.3, 0.4) is 0 Å². The van der Waals surface area contributed by atoms with Crippen molar-refractivity contribution < 1.29 is 5.11 Å². The van der Waals surface area contributed by atoms with Crippen LogP contribution in [-0.4, -0.2) is 29.7 Å². The maximum Gasteiger partial charge on any atom is 0.0991 e. The summed E-state index contributed by atoms with van der Waals surface area (Å²) in [5.74, 6) is 0.489. The number of benzene rings is 1. The smallest absolute Gasteiger partial charge is 0.0991 e. The molecule has 3 nitrogen and oxygen atoms in total. The number of aliphatic hydroxyl groups excluding tert-OH is 1. The van der Waals surface area contributed by atoms with Crippen molar-refractivity contribution in [1.29, 1.82) is 5.26 Å². The number of piperidine rings is 1. The predicted octanol–water partition coefficient (Wildman–Crippen LogP) is 2.07. The molecule has 0 aliphatic carbocycles. The highest BCUT2D eigenvalue weighted by atomic mass is 16.3. The fourth-order valence-electron chi connectivity index (χ4n) is 2.51. The third-order valence-corrected chi connectivity index (χ3v) is 3.83. The predicted molar refractivity (Wildman–Crippen MR) is 71.0 cm³/mol. The zero-order valence-electron chi connectivity index (χ0n) is 10.9. The van der Waals surface area contributed by atoms with Crippen LogP contribution in [0.1, 0.15) is 29.5 Å². The van der Waals surface area contributed by atoms with Crippen LogP contribution < -0.4 is 0 Å². The summed E-state index contributed by atoms with van der Waals surface area (Å²) < 4.78 is 0. The summed E-state index contributed by atoms with van der Waals surface area (Å²) >= 11 is 0. The lowest BCUT2D eigenvalue weighted by molar-refractivity contribution is 0.127. The van der Waals surface area contributed by atoms with Gasteiger partial charge in [0.05, 0.1) is 11.6 Å². The van der Waals surface area contributed by atoms with Gasteiger partial charge in [-0.2, -0.15) is 5.26 Å². The van der Waals surface area contributed by atoms with Gasteiger partial charge in [0.25, 0.3) is 0 Å². The second-order valence-corrected chi connectivity index (χ2v) is 5.16. The maximum atomic E-state index is 9.12. The van der Waals surface area contributed by atoms with E-state index in [4.69, 9.17) is 10.4 Å². The van der Waals surface area contributed by atoms with Crippen molar-refractivity contribution >= 4 is 0 Å². The highest BCUT2D eigenvalue weighted by molar-refractivity contribution is 5.37. The second kappa shape index (κ2) is 5.99. The van der Waals surface area contributed by atoms with Crippen molar-refractivity contribution in [3.8, 4) is 6.07 Å². The molecule has 1 heterocycles. The summed E-state index contributed by atoms with van der Waals surface area (Å²) in [5, 5.41) is 18.0. The number of nitrogens with zero attached hydrogens (tertiary/aromatic N) is 2. The Morgan fingerprint density at radius 3 is 2.67 bits per heavy atom. The number of rotatable bonds is 3. The van der Waals surface area contributed by atoms with E-state index < -0.39 is 0 Å². The van der Waals surface area contributed by atoms with Crippen LogP contribution in [0.15, 0.2) is 18.2 Å². The van der Waals surface area contributed by atoms with Gasteiger partial charge >= 0.3 is 0 Å². The first kappa shape index (κ1) is 13.1. The van der Waals surface area contributed by atoms with Crippen LogP contribution in [0.5, 0.6) is 0 Å². The number of hydrogen-bond donors (Lipinski definition) is 1. The minimum absolute atomic E-state index is 0.323. The van der Waals surface area contributed by atoms with Gasteiger partial charge in [-0.1, -0.05) is 6.07 Å². The molecule has 0 bridgehead atoms. The second-order valence-electron chi connectivity index (χ2n) is 5.16. The lowest BCUT2D eigenvalue weighted by Crippen LogP contribution is -2.34. The van der Waals surface area contributed by atoms with E-state index in [9.17, 15) is 0 Å². The zero-order chi connectivity index (χ0) is 13.0. The molecule has 0 aromatic heterocycles. The first-order chi connectivity index (χ1) is 8.72. The molecule has 1 N–H and O–H groups in total. The molecular weight excluding hydrogens is 224 g/mol. The Morgan fingerprint density at radius 2 is 2.11 bits per heavy atom. The number of aliphatic hydroxyl groups is 1. The minimum Gasteiger partial charge on any atom is -0.396 e. The molecule has 1 aromatic rings. The number of likely N-dealkylation sites (tertiary alicyclic amines) is 1. The Bertz CT molecular complexity index is 442. The summed E-state index contributed by atoms with van der Waals surface area (Å²) in [6.07, 6.45) is 2.18. The molecule has 1 aromatic carbocycles. The van der Waals surface area contributed by atoms with Gasteiger partial charge in [-0.25, -0.2) is 0 Å². The van der Waals surface area contributed by atoms with E-state index in [0.717, 1.165) is 38.0 Å². The Kier molecular flexibility index (Phi) is 4.35. The molecule has 0 amide bonds. The molecular formula is C15H20N2O. The van der Waals surface area contributed by atoms with E-state index in [1.165, 1.54) is 11.1 Å². The van der Waals surface area contributed by atoms with Crippen molar-refractivity contribution in [3.63, 3.8) is 0 Å². The molecule has 1 fully saturated rings. The van der Waals surface area contributed by atoms with Crippen LogP contribution in [0.4, 0.5) is 0 Å². The van der Waals surface area contributed by atoms with Crippen molar-refractivity contribution in [3.05, 3.63) is 34.9 Å². The molecule has 0 atom stereocenters. The van der Waals surface area contributed by atoms with Gasteiger partial charge in [0.2, 0.25) is 0 Å². The highest BCUT2D eigenvalue weighted by Crippen LogP contribution is 2.20. The highest BCUT2D eigenvalue weighted by Gasteiger charge is 2.18. The quantitative estimate of drug-likeness (QED) is 0.885. The molecule has 0 spiro atoms. The molecule has 2 rings (SSSR count). The van der Waals surface area contributed by atoms with Crippen molar-refractivity contribution in [2.24, 2.45) is 5.92 Å². The Hall–Kier alpha value is -1.37. The minimum atomic E-state index is 0.323. The summed E-state index contributed by atoms with van der Waals surface area (Å²) in [6.45, 7) is 5.46. The molecule has 96 valence electrons. The SMILES string of the molecule is Cc1cc(C#N)ccc1CN1CCC(CO)CC1. The molecule has 1 aliphatic rings. The van der Waals surface area contributed by atoms with Gasteiger partial charge in [-0.3, -0.25) is 4.90 Å². The fourth-order valence-corrected chi connectivity index (χ4v) is 2.51. The fraction of sp³-hybridized carbons (Fsp3) is 0.533. The normalized spacial score (nSPS) is 17.6. The van der Waals surface area contributed by atoms with Crippen molar-refractivity contribution in [1.82, 2.24) is 4.90 Å². The topological polar surface area (TPSA) is 47.3 Å². The van der Waals surface area contributed by atoms with Gasteiger partial charge in [0.1, 0.15) is 0 Å². The van der Waals surface area contributed by atoms with E-state index in [-0.39, 0.29) is 0 Å². The van der Waals surface area contributed by atoms with E-state index >= 15 is 0 Å². The number of nitriles is 1. The van der Waals surface area contributed by atoms with Crippen molar-refractivity contribution in [2.45, 2.75) is 26.3 Å². The summed E-state index contributed by atoms with van der Waals surface area (Å²) in [5.41, 5.74) is 3.23. The Balaban J connectivity index is 1.96. The van der Waals surface area contributed by atoms with Gasteiger partial charge in [-0.05, 0) is 62.0 Å². The van der Waals surface area contributed by atoms with Gasteiger partial charge in [0.15, 0.2) is 0 Å². The summed E-state index contributed by atoms with van der Waals surface area (Å²) in [7, 11) is 0. The third-order valence-electron chi connectivity index (χ3n) is 3.83. The molecule has 0 radical (unpaired) electrons. The molecule has 3 heteroatoms. The molecule has 1 saturated heterocycles. The van der Waals surface area contributed by atoms with Crippen LogP contribution in [0, 0.1) is 24.2 Å². The Labute approximate surface area is 109 Å². The monoisotopic (exact) mass is 244 g/mol. The van der Waals surface area contributed by atoms with Gasteiger partial charge < -0.3 is 5.11 Å². The van der Waals surface area contributed by atoms with Gasteiger partial charge in [0, 0.05) is 13.2 Å². The molecule has 0 saturated carbocycles. The number of hydrogen-bond acceptors (Lipinski definition) is 3. The van der Waals surface area contributed by atoms with Crippen LogP contribution in [-0.2, 0) is 6.54 Å². The average molecular weight is 244 g/mol. The number of aryl methyl sites for hydroxylation is 1. The van der Waals surface area contributed by atoms with Gasteiger partial charge in [-0.15, -0.1) is 0 Å². The van der Waals surface area contributed by atoms with E-state index in [0.29, 0.717) is 12.5 Å². The van der Waals surface area contributed by atoms with Crippen LogP contribution >= 0.6 is 0 Å².